The molecule has 0 saturated carbocycles. The normalized spacial score (nSPS) is 23.3. The third-order valence-corrected chi connectivity index (χ3v) is 8.90. The molecule has 2 amide bonds. The molecule has 0 unspecified atom stereocenters. The number of hydrogen-bond donors (Lipinski definition) is 3. The number of amides is 2. The Bertz CT molecular complexity index is 1600. The van der Waals surface area contributed by atoms with Gasteiger partial charge in [0.2, 0.25) is 11.8 Å². The van der Waals surface area contributed by atoms with Gasteiger partial charge < -0.3 is 16.0 Å². The van der Waals surface area contributed by atoms with Gasteiger partial charge in [0, 0.05) is 27.1 Å². The second kappa shape index (κ2) is 11.0. The van der Waals surface area contributed by atoms with E-state index in [1.807, 2.05) is 26.8 Å². The molecule has 0 aliphatic carbocycles. The minimum atomic E-state index is -1.37. The maximum atomic E-state index is 16.2. The Labute approximate surface area is 256 Å². The zero-order chi connectivity index (χ0) is 29.7. The highest BCUT2D eigenvalue weighted by Gasteiger charge is 2.66. The molecule has 41 heavy (non-hydrogen) atoms. The van der Waals surface area contributed by atoms with Gasteiger partial charge in [0.05, 0.1) is 23.4 Å². The van der Waals surface area contributed by atoms with Crippen LogP contribution in [0.1, 0.15) is 55.4 Å². The average Bonchev–Trinajstić information content (AvgIpc) is 3.38. The largest absolute Gasteiger partial charge is 0.325 e. The summed E-state index contributed by atoms with van der Waals surface area (Å²) < 4.78 is 31.4. The van der Waals surface area contributed by atoms with Gasteiger partial charge in [-0.15, -0.1) is 0 Å². The van der Waals surface area contributed by atoms with Gasteiger partial charge in [-0.05, 0) is 58.9 Å². The molecule has 3 aromatic rings. The van der Waals surface area contributed by atoms with Crippen LogP contribution in [0, 0.1) is 28.4 Å². The third kappa shape index (κ3) is 5.11. The first kappa shape index (κ1) is 29.4. The van der Waals surface area contributed by atoms with Crippen LogP contribution in [-0.4, -0.2) is 23.9 Å². The number of carbonyl (C=O) groups excluding carboxylic acids is 2. The number of nitriles is 1. The zero-order valence-electron chi connectivity index (χ0n) is 22.6. The van der Waals surface area contributed by atoms with Gasteiger partial charge in [0.15, 0.2) is 0 Å². The number of hydrogen-bond acceptors (Lipinski definition) is 4. The second-order valence-corrected chi connectivity index (χ2v) is 12.9. The summed E-state index contributed by atoms with van der Waals surface area (Å²) in [4.78, 5) is 28.2. The summed E-state index contributed by atoms with van der Waals surface area (Å²) in [5.41, 5.74) is 0.146. The van der Waals surface area contributed by atoms with Crippen molar-refractivity contribution in [3.8, 4) is 6.07 Å². The van der Waals surface area contributed by atoms with Crippen molar-refractivity contribution < 1.29 is 18.4 Å². The van der Waals surface area contributed by atoms with Crippen LogP contribution in [0.4, 0.5) is 20.2 Å². The summed E-state index contributed by atoms with van der Waals surface area (Å²) in [6, 6.07) is 14.0. The molecule has 1 fully saturated rings. The standard InChI is InChI=1S/C31H28ClF2IN4O2/c1-30(2,3)13-24-31(20-9-8-18(32)12-23(20)38-29(31)41)25(19-6-4-5-17(14-35)26(19)34)27(39-24)28(40)37-22-10-7-16(15-36)11-21(22)33/h4-12,24-25,27,39H,13-14H2,1-3H3,(H,37,40)(H,38,41)/t24-,25-,27+,31+/m0/s1. The Morgan fingerprint density at radius 3 is 2.59 bits per heavy atom. The van der Waals surface area contributed by atoms with E-state index in [2.05, 4.69) is 38.5 Å². The molecular weight excluding hydrogens is 661 g/mol. The fraction of sp³-hybridized carbons (Fsp3) is 0.323. The Hall–Kier alpha value is -3.07. The van der Waals surface area contributed by atoms with Crippen molar-refractivity contribution in [2.45, 2.75) is 55.0 Å². The average molecular weight is 689 g/mol. The van der Waals surface area contributed by atoms with Gasteiger partial charge >= 0.3 is 0 Å². The predicted octanol–water partition coefficient (Wildman–Crippen LogP) is 6.81. The molecular formula is C31H28ClF2IN4O2. The zero-order valence-corrected chi connectivity index (χ0v) is 25.5. The summed E-state index contributed by atoms with van der Waals surface area (Å²) in [6.07, 6.45) is 0.474. The van der Waals surface area contributed by atoms with Gasteiger partial charge in [-0.1, -0.05) is 79.2 Å². The van der Waals surface area contributed by atoms with E-state index in [0.717, 1.165) is 6.07 Å². The van der Waals surface area contributed by atoms with Crippen molar-refractivity contribution in [2.24, 2.45) is 5.41 Å². The minimum absolute atomic E-state index is 0.108. The van der Waals surface area contributed by atoms with E-state index in [1.165, 1.54) is 12.1 Å². The van der Waals surface area contributed by atoms with Crippen LogP contribution in [0.5, 0.6) is 0 Å². The van der Waals surface area contributed by atoms with Crippen molar-refractivity contribution in [3.05, 3.63) is 93.5 Å². The van der Waals surface area contributed by atoms with Crippen LogP contribution in [0.2, 0.25) is 5.02 Å². The number of fused-ring (bicyclic) bond motifs is 2. The number of anilines is 2. The molecule has 6 nitrogen and oxygen atoms in total. The van der Waals surface area contributed by atoms with Crippen LogP contribution in [0.25, 0.3) is 0 Å². The Morgan fingerprint density at radius 2 is 1.93 bits per heavy atom. The fourth-order valence-corrected chi connectivity index (χ4v) is 6.99. The molecule has 4 atom stereocenters. The fourth-order valence-electron chi connectivity index (χ4n) is 6.23. The van der Waals surface area contributed by atoms with Gasteiger partial charge in [-0.2, -0.15) is 5.26 Å². The number of carbonyl (C=O) groups is 2. The summed E-state index contributed by atoms with van der Waals surface area (Å²) in [5.74, 6) is -3.22. The number of alkyl halides is 1. The lowest BCUT2D eigenvalue weighted by Gasteiger charge is -2.37. The van der Waals surface area contributed by atoms with E-state index in [4.69, 9.17) is 16.9 Å². The number of benzene rings is 3. The lowest BCUT2D eigenvalue weighted by atomic mass is 9.62. The summed E-state index contributed by atoms with van der Waals surface area (Å²) >= 11 is 8.36. The van der Waals surface area contributed by atoms with E-state index < -0.39 is 41.0 Å². The van der Waals surface area contributed by atoms with Crippen LogP contribution in [0.3, 0.4) is 0 Å². The van der Waals surface area contributed by atoms with Gasteiger partial charge in [-0.3, -0.25) is 9.59 Å². The molecule has 2 aliphatic rings. The van der Waals surface area contributed by atoms with Crippen molar-refractivity contribution in [1.82, 2.24) is 5.32 Å². The third-order valence-electron chi connectivity index (χ3n) is 7.85. The molecule has 3 N–H and O–H groups in total. The van der Waals surface area contributed by atoms with Crippen molar-refractivity contribution in [1.29, 1.82) is 5.26 Å². The molecule has 2 heterocycles. The molecule has 0 bridgehead atoms. The summed E-state index contributed by atoms with van der Waals surface area (Å²) in [7, 11) is 0. The van der Waals surface area contributed by atoms with Crippen LogP contribution in [0.15, 0.2) is 54.6 Å². The first-order valence-electron chi connectivity index (χ1n) is 13.1. The maximum absolute atomic E-state index is 16.2. The first-order valence-corrected chi connectivity index (χ1v) is 15.0. The van der Waals surface area contributed by atoms with Crippen molar-refractivity contribution in [3.63, 3.8) is 0 Å². The van der Waals surface area contributed by atoms with Crippen LogP contribution >= 0.6 is 34.2 Å². The molecule has 5 rings (SSSR count). The van der Waals surface area contributed by atoms with Crippen LogP contribution < -0.4 is 16.0 Å². The lowest BCUT2D eigenvalue weighted by Crippen LogP contribution is -2.49. The molecule has 1 spiro atoms. The van der Waals surface area contributed by atoms with Gasteiger partial charge in [-0.25, -0.2) is 8.78 Å². The molecule has 212 valence electrons. The number of halogens is 4. The van der Waals surface area contributed by atoms with E-state index >= 15 is 4.39 Å². The van der Waals surface area contributed by atoms with E-state index in [1.54, 1.807) is 36.4 Å². The number of rotatable bonds is 5. The highest BCUT2D eigenvalue weighted by Crippen LogP contribution is 2.57. The smallest absolute Gasteiger partial charge is 0.242 e. The lowest BCUT2D eigenvalue weighted by molar-refractivity contribution is -0.122. The minimum Gasteiger partial charge on any atom is -0.325 e. The SMILES string of the molecule is CC(C)(C)C[C@@H]1N[C@@H](C(=O)Nc2ccc(C#N)cc2F)[C@H](c2cccc(CI)c2F)[C@]12C(=O)Nc1cc(Cl)ccc12. The first-order chi connectivity index (χ1) is 19.4. The van der Waals surface area contributed by atoms with Gasteiger partial charge in [0.25, 0.3) is 0 Å². The van der Waals surface area contributed by atoms with Gasteiger partial charge in [0.1, 0.15) is 17.0 Å². The molecule has 2 aliphatic heterocycles. The Kier molecular flexibility index (Phi) is 7.87. The summed E-state index contributed by atoms with van der Waals surface area (Å²) in [5, 5.41) is 18.5. The van der Waals surface area contributed by atoms with E-state index in [9.17, 15) is 14.0 Å². The quantitative estimate of drug-likeness (QED) is 0.203. The Morgan fingerprint density at radius 1 is 1.17 bits per heavy atom. The van der Waals surface area contributed by atoms with Crippen LogP contribution in [-0.2, 0) is 19.4 Å². The molecule has 1 saturated heterocycles. The Balaban J connectivity index is 1.73. The summed E-state index contributed by atoms with van der Waals surface area (Å²) in [6.45, 7) is 6.09. The molecule has 3 aromatic carbocycles. The predicted molar refractivity (Wildman–Crippen MR) is 163 cm³/mol. The monoisotopic (exact) mass is 688 g/mol. The topological polar surface area (TPSA) is 94.0 Å². The highest BCUT2D eigenvalue weighted by molar-refractivity contribution is 14.1. The maximum Gasteiger partial charge on any atom is 0.242 e. The van der Waals surface area contributed by atoms with Crippen molar-refractivity contribution >= 4 is 57.4 Å². The molecule has 0 aromatic heterocycles. The number of nitrogens with one attached hydrogen (secondary N) is 3. The van der Waals surface area contributed by atoms with Crippen molar-refractivity contribution in [2.75, 3.05) is 10.6 Å². The highest BCUT2D eigenvalue weighted by atomic mass is 127. The van der Waals surface area contributed by atoms with E-state index in [-0.39, 0.29) is 28.1 Å². The molecule has 10 heteroatoms. The number of nitrogens with zero attached hydrogens (tertiary/aromatic N) is 1. The second-order valence-electron chi connectivity index (χ2n) is 11.7. The van der Waals surface area contributed by atoms with E-state index in [0.29, 0.717) is 32.7 Å². The molecule has 0 radical (unpaired) electrons.